The lowest BCUT2D eigenvalue weighted by atomic mass is 9.90. The van der Waals surface area contributed by atoms with Crippen molar-refractivity contribution in [1.29, 1.82) is 0 Å². The SMILES string of the molecule is CC1(CN)CCN(C(=O)c2cc(F)cc(F)c2)C1.Cl. The number of carbonyl (C=O) groups excluding carboxylic acids is 1. The molecule has 1 amide bonds. The fraction of sp³-hybridized carbons (Fsp3) is 0.462. The summed E-state index contributed by atoms with van der Waals surface area (Å²) in [5, 5.41) is 0. The monoisotopic (exact) mass is 290 g/mol. The van der Waals surface area contributed by atoms with Gasteiger partial charge in [0, 0.05) is 24.7 Å². The summed E-state index contributed by atoms with van der Waals surface area (Å²) in [4.78, 5) is 13.7. The van der Waals surface area contributed by atoms with Gasteiger partial charge in [0.15, 0.2) is 0 Å². The maximum Gasteiger partial charge on any atom is 0.254 e. The molecule has 0 bridgehead atoms. The minimum absolute atomic E-state index is 0. The van der Waals surface area contributed by atoms with Crippen LogP contribution in [-0.2, 0) is 0 Å². The van der Waals surface area contributed by atoms with E-state index in [1.807, 2.05) is 6.92 Å². The molecule has 6 heteroatoms. The maximum atomic E-state index is 13.1. The first-order valence-corrected chi connectivity index (χ1v) is 5.89. The fourth-order valence-electron chi connectivity index (χ4n) is 2.22. The highest BCUT2D eigenvalue weighted by Crippen LogP contribution is 2.29. The Balaban J connectivity index is 0.00000180. The van der Waals surface area contributed by atoms with Gasteiger partial charge in [0.2, 0.25) is 0 Å². The lowest BCUT2D eigenvalue weighted by molar-refractivity contribution is 0.0776. The molecule has 0 aromatic heterocycles. The van der Waals surface area contributed by atoms with Crippen LogP contribution in [0.3, 0.4) is 0 Å². The van der Waals surface area contributed by atoms with Crippen LogP contribution in [0.15, 0.2) is 18.2 Å². The molecule has 2 N–H and O–H groups in total. The summed E-state index contributed by atoms with van der Waals surface area (Å²) in [5.74, 6) is -1.82. The third kappa shape index (κ3) is 3.42. The lowest BCUT2D eigenvalue weighted by Crippen LogP contribution is -2.34. The second-order valence-corrected chi connectivity index (χ2v) is 5.15. The van der Waals surface area contributed by atoms with Crippen molar-refractivity contribution in [2.24, 2.45) is 11.1 Å². The van der Waals surface area contributed by atoms with Crippen LogP contribution < -0.4 is 5.73 Å². The molecule has 1 aromatic rings. The predicted molar refractivity (Wildman–Crippen MR) is 71.3 cm³/mol. The van der Waals surface area contributed by atoms with Gasteiger partial charge in [-0.2, -0.15) is 0 Å². The molecule has 1 aliphatic heterocycles. The highest BCUT2D eigenvalue weighted by molar-refractivity contribution is 5.94. The van der Waals surface area contributed by atoms with Crippen molar-refractivity contribution in [2.45, 2.75) is 13.3 Å². The van der Waals surface area contributed by atoms with E-state index < -0.39 is 11.6 Å². The number of likely N-dealkylation sites (tertiary alicyclic amines) is 1. The average molecular weight is 291 g/mol. The van der Waals surface area contributed by atoms with Crippen molar-refractivity contribution in [3.63, 3.8) is 0 Å². The predicted octanol–water partition coefficient (Wildman–Crippen LogP) is 2.20. The maximum absolute atomic E-state index is 13.1. The summed E-state index contributed by atoms with van der Waals surface area (Å²) in [6.07, 6.45) is 0.813. The first kappa shape index (κ1) is 15.9. The van der Waals surface area contributed by atoms with Crippen LogP contribution in [0.5, 0.6) is 0 Å². The van der Waals surface area contributed by atoms with Crippen LogP contribution in [-0.4, -0.2) is 30.4 Å². The van der Waals surface area contributed by atoms with Gasteiger partial charge in [0.25, 0.3) is 5.91 Å². The lowest BCUT2D eigenvalue weighted by Gasteiger charge is -2.22. The highest BCUT2D eigenvalue weighted by atomic mass is 35.5. The molecule has 1 fully saturated rings. The Bertz CT molecular complexity index is 463. The third-order valence-corrected chi connectivity index (χ3v) is 3.45. The largest absolute Gasteiger partial charge is 0.338 e. The Hall–Kier alpha value is -1.20. The first-order valence-electron chi connectivity index (χ1n) is 5.89. The van der Waals surface area contributed by atoms with Crippen molar-refractivity contribution in [3.8, 4) is 0 Å². The number of amides is 1. The second kappa shape index (κ2) is 5.84. The second-order valence-electron chi connectivity index (χ2n) is 5.15. The summed E-state index contributed by atoms with van der Waals surface area (Å²) < 4.78 is 26.1. The first-order chi connectivity index (χ1) is 8.43. The molecule has 0 radical (unpaired) electrons. The van der Waals surface area contributed by atoms with Gasteiger partial charge in [-0.3, -0.25) is 4.79 Å². The van der Waals surface area contributed by atoms with Gasteiger partial charge in [0.05, 0.1) is 0 Å². The molecule has 1 unspecified atom stereocenters. The molecule has 1 atom stereocenters. The minimum atomic E-state index is -0.737. The van der Waals surface area contributed by atoms with E-state index in [1.165, 1.54) is 0 Å². The van der Waals surface area contributed by atoms with E-state index in [1.54, 1.807) is 4.90 Å². The zero-order valence-electron chi connectivity index (χ0n) is 10.7. The average Bonchev–Trinajstić information content (AvgIpc) is 2.70. The molecule has 1 heterocycles. The van der Waals surface area contributed by atoms with Gasteiger partial charge < -0.3 is 10.6 Å². The molecule has 2 rings (SSSR count). The van der Waals surface area contributed by atoms with E-state index in [0.29, 0.717) is 19.6 Å². The van der Waals surface area contributed by atoms with Crippen LogP contribution in [0.1, 0.15) is 23.7 Å². The quantitative estimate of drug-likeness (QED) is 0.907. The topological polar surface area (TPSA) is 46.3 Å². The molecule has 106 valence electrons. The molecular formula is C13H17ClF2N2O. The van der Waals surface area contributed by atoms with E-state index in [2.05, 4.69) is 0 Å². The number of nitrogens with two attached hydrogens (primary N) is 1. The number of rotatable bonds is 2. The fourth-order valence-corrected chi connectivity index (χ4v) is 2.22. The van der Waals surface area contributed by atoms with Crippen LogP contribution in [0.25, 0.3) is 0 Å². The summed E-state index contributed by atoms with van der Waals surface area (Å²) in [7, 11) is 0. The molecule has 19 heavy (non-hydrogen) atoms. The van der Waals surface area contributed by atoms with Crippen LogP contribution in [0.4, 0.5) is 8.78 Å². The van der Waals surface area contributed by atoms with Crippen molar-refractivity contribution in [2.75, 3.05) is 19.6 Å². The van der Waals surface area contributed by atoms with E-state index in [4.69, 9.17) is 5.73 Å². The van der Waals surface area contributed by atoms with Crippen molar-refractivity contribution in [3.05, 3.63) is 35.4 Å². The summed E-state index contributed by atoms with van der Waals surface area (Å²) in [5.41, 5.74) is 5.61. The molecule has 1 aliphatic rings. The standard InChI is InChI=1S/C13H16F2N2O.ClH/c1-13(7-16)2-3-17(8-13)12(18)9-4-10(14)6-11(15)5-9;/h4-6H,2-3,7-8,16H2,1H3;1H. The Morgan fingerprint density at radius 1 is 1.37 bits per heavy atom. The molecule has 3 nitrogen and oxygen atoms in total. The van der Waals surface area contributed by atoms with Crippen molar-refractivity contribution in [1.82, 2.24) is 4.90 Å². The number of benzene rings is 1. The van der Waals surface area contributed by atoms with E-state index in [-0.39, 0.29) is 29.3 Å². The van der Waals surface area contributed by atoms with Crippen LogP contribution >= 0.6 is 12.4 Å². The Labute approximate surface area is 117 Å². The van der Waals surface area contributed by atoms with Gasteiger partial charge in [0.1, 0.15) is 11.6 Å². The van der Waals surface area contributed by atoms with Crippen molar-refractivity contribution >= 4 is 18.3 Å². The molecule has 0 spiro atoms. The third-order valence-electron chi connectivity index (χ3n) is 3.45. The van der Waals surface area contributed by atoms with Gasteiger partial charge in [-0.05, 0) is 30.5 Å². The van der Waals surface area contributed by atoms with Crippen molar-refractivity contribution < 1.29 is 13.6 Å². The van der Waals surface area contributed by atoms with Crippen LogP contribution in [0, 0.1) is 17.0 Å². The summed E-state index contributed by atoms with van der Waals surface area (Å²) in [6, 6.07) is 2.87. The number of hydrogen-bond acceptors (Lipinski definition) is 2. The molecule has 0 saturated carbocycles. The Morgan fingerprint density at radius 2 is 1.95 bits per heavy atom. The van der Waals surface area contributed by atoms with Gasteiger partial charge in [-0.1, -0.05) is 6.92 Å². The number of hydrogen-bond donors (Lipinski definition) is 1. The zero-order valence-corrected chi connectivity index (χ0v) is 11.5. The smallest absolute Gasteiger partial charge is 0.254 e. The van der Waals surface area contributed by atoms with Gasteiger partial charge >= 0.3 is 0 Å². The summed E-state index contributed by atoms with van der Waals surface area (Å²) in [6.45, 7) is 3.60. The molecular weight excluding hydrogens is 274 g/mol. The molecule has 0 aliphatic carbocycles. The normalized spacial score (nSPS) is 22.2. The zero-order chi connectivity index (χ0) is 13.3. The van der Waals surface area contributed by atoms with E-state index in [9.17, 15) is 13.6 Å². The Kier molecular flexibility index (Phi) is 4.87. The van der Waals surface area contributed by atoms with E-state index >= 15 is 0 Å². The molecule has 1 saturated heterocycles. The number of halogens is 3. The van der Waals surface area contributed by atoms with Gasteiger partial charge in [-0.25, -0.2) is 8.78 Å². The molecule has 1 aromatic carbocycles. The van der Waals surface area contributed by atoms with Gasteiger partial charge in [-0.15, -0.1) is 12.4 Å². The summed E-state index contributed by atoms with van der Waals surface area (Å²) >= 11 is 0. The number of carbonyl (C=O) groups is 1. The highest BCUT2D eigenvalue weighted by Gasteiger charge is 2.35. The number of nitrogens with zero attached hydrogens (tertiary/aromatic N) is 1. The van der Waals surface area contributed by atoms with Crippen LogP contribution in [0.2, 0.25) is 0 Å². The minimum Gasteiger partial charge on any atom is -0.338 e. The van der Waals surface area contributed by atoms with E-state index in [0.717, 1.165) is 24.6 Å². The Morgan fingerprint density at radius 3 is 2.42 bits per heavy atom.